The maximum Gasteiger partial charge on any atom is 0.416 e. The Morgan fingerprint density at radius 3 is 2.38 bits per heavy atom. The normalized spacial score (nSPS) is 12.5. The van der Waals surface area contributed by atoms with Crippen LogP contribution in [0.3, 0.4) is 0 Å². The smallest absolute Gasteiger partial charge is 0.333 e. The average molecular weight is 459 g/mol. The zero-order valence-electron chi connectivity index (χ0n) is 15.7. The maximum atomic E-state index is 14.0. The molecule has 0 unspecified atom stereocenters. The molecule has 12 heteroatoms. The molecular weight excluding hydrogens is 448 g/mol. The van der Waals surface area contributed by atoms with Crippen LogP contribution in [0.25, 0.3) is 22.4 Å². The van der Waals surface area contributed by atoms with Crippen LogP contribution in [-0.2, 0) is 18.9 Å². The van der Waals surface area contributed by atoms with Gasteiger partial charge in [0.2, 0.25) is 6.20 Å². The monoisotopic (exact) mass is 459 g/mol. The average Bonchev–Trinajstić information content (AvgIpc) is 3.12. The van der Waals surface area contributed by atoms with E-state index in [0.717, 1.165) is 16.8 Å². The fraction of sp³-hybridized carbons (Fsp3) is 0.150. The topological polar surface area (TPSA) is 45.5 Å². The summed E-state index contributed by atoms with van der Waals surface area (Å²) in [6, 6.07) is 4.85. The zero-order valence-corrected chi connectivity index (χ0v) is 15.7. The van der Waals surface area contributed by atoms with Crippen LogP contribution in [0.15, 0.2) is 48.8 Å². The predicted molar refractivity (Wildman–Crippen MR) is 95.0 cm³/mol. The van der Waals surface area contributed by atoms with E-state index in [-0.39, 0.29) is 28.5 Å². The van der Waals surface area contributed by atoms with Crippen LogP contribution in [-0.4, -0.2) is 15.1 Å². The molecule has 4 nitrogen and oxygen atoms in total. The standard InChI is InChI=1S/C20H10F8N4/c21-14-3-1-2-12(17(14)22)18-30-15-7-29-32(9-16(15)31-18)8-10-4-5-11(19(23,24)25)6-13(10)20(26,27)28/h1-7,9H,8H2/p+1. The minimum atomic E-state index is -5.02. The number of H-pyrrole nitrogens is 1. The second-order valence-electron chi connectivity index (χ2n) is 6.82. The molecule has 0 aliphatic rings. The molecule has 166 valence electrons. The van der Waals surface area contributed by atoms with Gasteiger partial charge in [0.05, 0.1) is 16.7 Å². The zero-order chi connectivity index (χ0) is 23.3. The number of alkyl halides is 6. The summed E-state index contributed by atoms with van der Waals surface area (Å²) in [7, 11) is 0. The third-order valence-electron chi connectivity index (χ3n) is 4.65. The fourth-order valence-electron chi connectivity index (χ4n) is 3.14. The van der Waals surface area contributed by atoms with Crippen molar-refractivity contribution < 1.29 is 39.8 Å². The van der Waals surface area contributed by atoms with E-state index in [1.165, 1.54) is 24.5 Å². The van der Waals surface area contributed by atoms with Gasteiger partial charge in [-0.2, -0.15) is 26.3 Å². The maximum absolute atomic E-state index is 14.0. The van der Waals surface area contributed by atoms with Crippen molar-refractivity contribution in [3.8, 4) is 11.4 Å². The van der Waals surface area contributed by atoms with Gasteiger partial charge >= 0.3 is 12.4 Å². The van der Waals surface area contributed by atoms with Crippen molar-refractivity contribution in [1.29, 1.82) is 0 Å². The van der Waals surface area contributed by atoms with Gasteiger partial charge < -0.3 is 4.98 Å². The SMILES string of the molecule is Fc1cccc(-c2nc3cn[n+](Cc4ccc(C(F)(F)F)cc4C(F)(F)F)cc3[nH]2)c1F. The molecule has 4 rings (SSSR count). The lowest BCUT2D eigenvalue weighted by Gasteiger charge is -2.14. The molecule has 2 aromatic carbocycles. The van der Waals surface area contributed by atoms with Gasteiger partial charge in [-0.3, -0.25) is 0 Å². The highest BCUT2D eigenvalue weighted by Gasteiger charge is 2.38. The van der Waals surface area contributed by atoms with Gasteiger partial charge in [0.15, 0.2) is 18.2 Å². The summed E-state index contributed by atoms with van der Waals surface area (Å²) in [4.78, 5) is 6.82. The summed E-state index contributed by atoms with van der Waals surface area (Å²) in [5.74, 6) is -2.24. The van der Waals surface area contributed by atoms with Crippen molar-refractivity contribution in [2.45, 2.75) is 18.9 Å². The molecule has 0 radical (unpaired) electrons. The van der Waals surface area contributed by atoms with Gasteiger partial charge in [-0.1, -0.05) is 16.8 Å². The Morgan fingerprint density at radius 1 is 0.938 bits per heavy atom. The highest BCUT2D eigenvalue weighted by Crippen LogP contribution is 2.37. The van der Waals surface area contributed by atoms with Crippen molar-refractivity contribution in [2.24, 2.45) is 0 Å². The second kappa shape index (κ2) is 7.53. The first-order valence-corrected chi connectivity index (χ1v) is 8.90. The Balaban J connectivity index is 1.72. The molecule has 0 fully saturated rings. The van der Waals surface area contributed by atoms with E-state index in [0.29, 0.717) is 6.07 Å². The highest BCUT2D eigenvalue weighted by atomic mass is 19.4. The van der Waals surface area contributed by atoms with Gasteiger partial charge in [-0.15, -0.1) is 0 Å². The number of rotatable bonds is 3. The second-order valence-corrected chi connectivity index (χ2v) is 6.82. The van der Waals surface area contributed by atoms with Crippen LogP contribution in [0, 0.1) is 11.6 Å². The number of nitrogens with one attached hydrogen (secondary N) is 1. The first-order chi connectivity index (χ1) is 14.9. The number of hydrogen-bond donors (Lipinski definition) is 1. The van der Waals surface area contributed by atoms with E-state index in [9.17, 15) is 35.1 Å². The van der Waals surface area contributed by atoms with Crippen molar-refractivity contribution >= 4 is 11.0 Å². The molecule has 0 bridgehead atoms. The molecule has 4 aromatic rings. The molecule has 2 aromatic heterocycles. The first kappa shape index (κ1) is 21.7. The third-order valence-corrected chi connectivity index (χ3v) is 4.65. The van der Waals surface area contributed by atoms with Crippen molar-refractivity contribution in [2.75, 3.05) is 0 Å². The Kier molecular flexibility index (Phi) is 5.10. The quantitative estimate of drug-likeness (QED) is 0.335. The molecule has 2 heterocycles. The van der Waals surface area contributed by atoms with Gasteiger partial charge in [0, 0.05) is 5.56 Å². The number of fused-ring (bicyclic) bond motifs is 1. The third kappa shape index (κ3) is 4.12. The molecule has 0 aliphatic heterocycles. The lowest BCUT2D eigenvalue weighted by Crippen LogP contribution is -2.38. The Hall–Kier alpha value is -3.57. The van der Waals surface area contributed by atoms with Crippen molar-refractivity contribution in [3.63, 3.8) is 0 Å². The van der Waals surface area contributed by atoms with Crippen LogP contribution in [0.5, 0.6) is 0 Å². The van der Waals surface area contributed by atoms with Gasteiger partial charge in [-0.05, 0) is 29.4 Å². The summed E-state index contributed by atoms with van der Waals surface area (Å²) in [6.45, 7) is -0.494. The van der Waals surface area contributed by atoms with E-state index in [4.69, 9.17) is 0 Å². The van der Waals surface area contributed by atoms with Crippen molar-refractivity contribution in [1.82, 2.24) is 15.1 Å². The van der Waals surface area contributed by atoms with Crippen molar-refractivity contribution in [3.05, 3.63) is 77.1 Å². The lowest BCUT2D eigenvalue weighted by molar-refractivity contribution is -0.745. The lowest BCUT2D eigenvalue weighted by atomic mass is 10.0. The summed E-state index contributed by atoms with van der Waals surface area (Å²) < 4.78 is 107. The minimum absolute atomic E-state index is 0.0259. The highest BCUT2D eigenvalue weighted by molar-refractivity contribution is 5.77. The first-order valence-electron chi connectivity index (χ1n) is 8.90. The van der Waals surface area contributed by atoms with E-state index >= 15 is 0 Å². The molecule has 0 spiro atoms. The van der Waals surface area contributed by atoms with E-state index in [1.807, 2.05) is 0 Å². The molecular formula is C20H11F8N4+. The predicted octanol–water partition coefficient (Wildman–Crippen LogP) is 5.28. The van der Waals surface area contributed by atoms with Crippen LogP contribution in [0.1, 0.15) is 16.7 Å². The number of benzene rings is 2. The van der Waals surface area contributed by atoms with Crippen LogP contribution < -0.4 is 4.68 Å². The molecule has 32 heavy (non-hydrogen) atoms. The molecule has 0 saturated carbocycles. The van der Waals surface area contributed by atoms with E-state index in [1.54, 1.807) is 0 Å². The summed E-state index contributed by atoms with van der Waals surface area (Å²) in [5.41, 5.74) is -2.97. The number of halogens is 8. The molecule has 0 atom stereocenters. The summed E-state index contributed by atoms with van der Waals surface area (Å²) >= 11 is 0. The minimum Gasteiger partial charge on any atom is -0.333 e. The van der Waals surface area contributed by atoms with Crippen LogP contribution >= 0.6 is 0 Å². The number of aromatic amines is 1. The Labute approximate surface area is 174 Å². The van der Waals surface area contributed by atoms with Crippen LogP contribution in [0.2, 0.25) is 0 Å². The van der Waals surface area contributed by atoms with E-state index in [2.05, 4.69) is 15.1 Å². The fourth-order valence-corrected chi connectivity index (χ4v) is 3.14. The van der Waals surface area contributed by atoms with E-state index < -0.39 is 47.2 Å². The summed E-state index contributed by atoms with van der Waals surface area (Å²) in [6.07, 6.45) is -7.50. The molecule has 1 N–H and O–H groups in total. The molecule has 0 saturated heterocycles. The largest absolute Gasteiger partial charge is 0.416 e. The summed E-state index contributed by atoms with van der Waals surface area (Å²) in [5, 5.41) is 3.92. The number of hydrogen-bond acceptors (Lipinski definition) is 2. The van der Waals surface area contributed by atoms with Gasteiger partial charge in [0.1, 0.15) is 23.1 Å². The number of imidazole rings is 1. The molecule has 0 aliphatic carbocycles. The Bertz CT molecular complexity index is 1310. The van der Waals surface area contributed by atoms with Gasteiger partial charge in [-0.25, -0.2) is 13.8 Å². The van der Waals surface area contributed by atoms with Gasteiger partial charge in [0.25, 0.3) is 0 Å². The van der Waals surface area contributed by atoms with Crippen LogP contribution in [0.4, 0.5) is 35.1 Å². The number of nitrogens with zero attached hydrogens (tertiary/aromatic N) is 3. The number of aromatic nitrogens is 4. The Morgan fingerprint density at radius 2 is 1.69 bits per heavy atom. The molecule has 0 amide bonds.